The van der Waals surface area contributed by atoms with Crippen LogP contribution in [0, 0.1) is 5.82 Å². The fourth-order valence-corrected chi connectivity index (χ4v) is 5.98. The van der Waals surface area contributed by atoms with E-state index < -0.39 is 40.5 Å². The molecule has 0 radical (unpaired) electrons. The Balaban J connectivity index is 1.46. The molecule has 1 aliphatic carbocycles. The summed E-state index contributed by atoms with van der Waals surface area (Å²) < 4.78 is 61.3. The Morgan fingerprint density at radius 2 is 1.92 bits per heavy atom. The number of nitrogens with zero attached hydrogens (tertiary/aromatic N) is 2. The zero-order valence-electron chi connectivity index (χ0n) is 21.1. The molecule has 0 spiro atoms. The topological polar surface area (TPSA) is 87.3 Å². The largest absolute Gasteiger partial charge is 0.444 e. The third kappa shape index (κ3) is 6.88. The highest BCUT2D eigenvalue weighted by Gasteiger charge is 2.49. The van der Waals surface area contributed by atoms with Crippen LogP contribution in [0.3, 0.4) is 0 Å². The van der Waals surface area contributed by atoms with Gasteiger partial charge in [0, 0.05) is 23.5 Å². The molecule has 2 atom stereocenters. The summed E-state index contributed by atoms with van der Waals surface area (Å²) in [5.74, 6) is -0.263. The average Bonchev–Trinajstić information content (AvgIpc) is 3.28. The molecule has 0 bridgehead atoms. The number of rotatable bonds is 5. The number of likely N-dealkylation sites (tertiary alicyclic amines) is 1. The number of H-pyrrole nitrogens is 1. The predicted molar refractivity (Wildman–Crippen MR) is 135 cm³/mol. The summed E-state index contributed by atoms with van der Waals surface area (Å²) in [5, 5.41) is 2.73. The average molecular weight is 545 g/mol. The molecule has 1 aromatic heterocycles. The molecule has 0 unspecified atom stereocenters. The van der Waals surface area contributed by atoms with Gasteiger partial charge in [-0.1, -0.05) is 12.8 Å². The van der Waals surface area contributed by atoms with Crippen molar-refractivity contribution >= 4 is 34.4 Å². The first-order valence-electron chi connectivity index (χ1n) is 12.5. The molecule has 2 aliphatic rings. The zero-order chi connectivity index (χ0) is 27.0. The van der Waals surface area contributed by atoms with Crippen LogP contribution in [-0.4, -0.2) is 56.6 Å². The minimum absolute atomic E-state index is 0.0974. The fraction of sp³-hybridized carbons (Fsp3) is 0.640. The maximum atomic E-state index is 14.7. The Morgan fingerprint density at radius 1 is 1.22 bits per heavy atom. The monoisotopic (exact) mass is 544 g/mol. The third-order valence-electron chi connectivity index (χ3n) is 6.55. The van der Waals surface area contributed by atoms with Crippen LogP contribution in [-0.2, 0) is 10.5 Å². The number of piperidine rings is 1. The molecule has 2 heterocycles. The van der Waals surface area contributed by atoms with Gasteiger partial charge in [-0.25, -0.2) is 14.2 Å². The van der Waals surface area contributed by atoms with Crippen LogP contribution in [0.5, 0.6) is 0 Å². The third-order valence-corrected chi connectivity index (χ3v) is 7.89. The minimum Gasteiger partial charge on any atom is -0.444 e. The number of anilines is 1. The van der Waals surface area contributed by atoms with E-state index in [1.807, 2.05) is 0 Å². The van der Waals surface area contributed by atoms with Crippen molar-refractivity contribution in [1.82, 2.24) is 14.9 Å². The summed E-state index contributed by atoms with van der Waals surface area (Å²) in [6.07, 6.45) is -1.34. The van der Waals surface area contributed by atoms with Gasteiger partial charge < -0.3 is 15.0 Å². The van der Waals surface area contributed by atoms with Crippen LogP contribution in [0.25, 0.3) is 10.9 Å². The Bertz CT molecular complexity index is 1190. The second-order valence-electron chi connectivity index (χ2n) is 10.7. The number of carbonyl (C=O) groups is 1. The minimum atomic E-state index is -4.61. The summed E-state index contributed by atoms with van der Waals surface area (Å²) in [5.41, 5.74) is -0.777. The lowest BCUT2D eigenvalue weighted by Gasteiger charge is -2.40. The van der Waals surface area contributed by atoms with E-state index in [9.17, 15) is 27.2 Å². The Hall–Kier alpha value is -2.50. The lowest BCUT2D eigenvalue weighted by Crippen LogP contribution is -2.55. The fourth-order valence-electron chi connectivity index (χ4n) is 4.86. The van der Waals surface area contributed by atoms with Crippen molar-refractivity contribution in [2.75, 3.05) is 11.9 Å². The second kappa shape index (κ2) is 10.7. The van der Waals surface area contributed by atoms with Crippen molar-refractivity contribution < 1.29 is 27.1 Å². The molecule has 1 saturated carbocycles. The Morgan fingerprint density at radius 3 is 2.57 bits per heavy atom. The quantitative estimate of drug-likeness (QED) is 0.451. The second-order valence-corrected chi connectivity index (χ2v) is 12.0. The molecule has 37 heavy (non-hydrogen) atoms. The number of carbonyl (C=O) groups excluding carboxylic acids is 1. The van der Waals surface area contributed by atoms with Crippen LogP contribution in [0.1, 0.15) is 65.1 Å². The Kier molecular flexibility index (Phi) is 7.96. The number of alkyl halides is 3. The number of halogens is 4. The maximum absolute atomic E-state index is 14.7. The van der Waals surface area contributed by atoms with Crippen LogP contribution >= 0.6 is 11.8 Å². The molecule has 1 saturated heterocycles. The smallest absolute Gasteiger partial charge is 0.410 e. The number of hydrogen-bond acceptors (Lipinski definition) is 6. The molecular weight excluding hydrogens is 512 g/mol. The molecule has 204 valence electrons. The van der Waals surface area contributed by atoms with E-state index in [-0.39, 0.29) is 41.5 Å². The van der Waals surface area contributed by atoms with Crippen molar-refractivity contribution in [3.63, 3.8) is 0 Å². The van der Waals surface area contributed by atoms with Gasteiger partial charge in [-0.15, -0.1) is 0 Å². The zero-order valence-corrected chi connectivity index (χ0v) is 21.9. The predicted octanol–water partition coefficient (Wildman–Crippen LogP) is 5.98. The number of aromatic nitrogens is 2. The molecule has 2 fully saturated rings. The SMILES string of the molecule is CC(C)(C)OC(=O)N1CC[C@H](SCc2nc3cc(NC4CCCC4)cc(F)c3c(=O)[nH]2)C[C@@H]1C(F)(F)F. The van der Waals surface area contributed by atoms with Gasteiger partial charge in [0.25, 0.3) is 5.56 Å². The highest BCUT2D eigenvalue weighted by molar-refractivity contribution is 7.99. The van der Waals surface area contributed by atoms with Crippen LogP contribution < -0.4 is 10.9 Å². The summed E-state index contributed by atoms with van der Waals surface area (Å²) in [4.78, 5) is 32.7. The first-order valence-corrected chi connectivity index (χ1v) is 13.5. The van der Waals surface area contributed by atoms with Crippen LogP contribution in [0.2, 0.25) is 0 Å². The normalized spacial score (nSPS) is 21.4. The highest BCUT2D eigenvalue weighted by Crippen LogP contribution is 2.37. The molecule has 2 N–H and O–H groups in total. The number of hydrogen-bond donors (Lipinski definition) is 2. The Labute approximate surface area is 216 Å². The van der Waals surface area contributed by atoms with Gasteiger partial charge in [0.2, 0.25) is 0 Å². The van der Waals surface area contributed by atoms with E-state index in [0.29, 0.717) is 12.1 Å². The highest BCUT2D eigenvalue weighted by atomic mass is 32.2. The number of aromatic amines is 1. The molecule has 7 nitrogen and oxygen atoms in total. The van der Waals surface area contributed by atoms with Crippen molar-refractivity contribution in [2.24, 2.45) is 0 Å². The lowest BCUT2D eigenvalue weighted by atomic mass is 10.0. The number of nitrogens with one attached hydrogen (secondary N) is 2. The van der Waals surface area contributed by atoms with Gasteiger partial charge in [0.1, 0.15) is 28.7 Å². The lowest BCUT2D eigenvalue weighted by molar-refractivity contribution is -0.186. The molecule has 4 rings (SSSR count). The van der Waals surface area contributed by atoms with Gasteiger partial charge in [-0.3, -0.25) is 9.69 Å². The van der Waals surface area contributed by atoms with Gasteiger partial charge in [-0.2, -0.15) is 24.9 Å². The molecule has 1 aliphatic heterocycles. The maximum Gasteiger partial charge on any atom is 0.410 e. The first-order chi connectivity index (χ1) is 17.3. The number of fused-ring (bicyclic) bond motifs is 1. The van der Waals surface area contributed by atoms with Crippen molar-refractivity contribution in [1.29, 1.82) is 0 Å². The summed E-state index contributed by atoms with van der Waals surface area (Å²) in [7, 11) is 0. The van der Waals surface area contributed by atoms with Crippen molar-refractivity contribution in [2.45, 2.75) is 94.2 Å². The van der Waals surface area contributed by atoms with Gasteiger partial charge in [0.05, 0.1) is 11.3 Å². The van der Waals surface area contributed by atoms with E-state index >= 15 is 0 Å². The summed E-state index contributed by atoms with van der Waals surface area (Å²) in [6.45, 7) is 4.72. The van der Waals surface area contributed by atoms with E-state index in [0.717, 1.165) is 30.6 Å². The van der Waals surface area contributed by atoms with E-state index in [4.69, 9.17) is 4.74 Å². The molecule has 1 amide bonds. The van der Waals surface area contributed by atoms with Crippen LogP contribution in [0.15, 0.2) is 16.9 Å². The number of thioether (sulfide) groups is 1. The van der Waals surface area contributed by atoms with Crippen LogP contribution in [0.4, 0.5) is 28.0 Å². The first kappa shape index (κ1) is 27.5. The number of ether oxygens (including phenoxy) is 1. The standard InChI is InChI=1S/C25H32F4N4O3S/c1-24(2,3)36-23(35)33-9-8-16(12-19(33)25(27,28)29)37-13-20-31-18-11-15(30-14-6-4-5-7-14)10-17(26)21(18)22(34)32-20/h10-11,14,16,19,30H,4-9,12-13H2,1-3H3,(H,31,32,34)/t16-,19+/m0/s1. The van der Waals surface area contributed by atoms with Crippen molar-refractivity contribution in [3.05, 3.63) is 34.1 Å². The van der Waals surface area contributed by atoms with Crippen molar-refractivity contribution in [3.8, 4) is 0 Å². The molecule has 12 heteroatoms. The van der Waals surface area contributed by atoms with Gasteiger partial charge >= 0.3 is 12.3 Å². The van der Waals surface area contributed by atoms with E-state index in [1.165, 1.54) is 17.8 Å². The van der Waals surface area contributed by atoms with Gasteiger partial charge in [0.15, 0.2) is 0 Å². The number of amides is 1. The molecular formula is C25H32F4N4O3S. The summed E-state index contributed by atoms with van der Waals surface area (Å²) >= 11 is 1.23. The molecule has 2 aromatic rings. The van der Waals surface area contributed by atoms with E-state index in [2.05, 4.69) is 15.3 Å². The summed E-state index contributed by atoms with van der Waals surface area (Å²) in [6, 6.07) is 1.22. The molecule has 1 aromatic carbocycles. The number of benzene rings is 1. The van der Waals surface area contributed by atoms with Gasteiger partial charge in [-0.05, 0) is 58.6 Å². The van der Waals surface area contributed by atoms with E-state index in [1.54, 1.807) is 26.8 Å².